The number of rotatable bonds is 10. The monoisotopic (exact) mass is 470 g/mol. The number of aromatic nitrogens is 1. The first-order valence-electron chi connectivity index (χ1n) is 9.75. The maximum atomic E-state index is 13.6. The number of pyridine rings is 1. The fraction of sp³-hybridized carbons (Fsp3) is 0.381. The van der Waals surface area contributed by atoms with Crippen LogP contribution in [0.1, 0.15) is 24.8 Å². The van der Waals surface area contributed by atoms with Crippen LogP contribution in [0.3, 0.4) is 0 Å². The number of hydrogen-bond acceptors (Lipinski definition) is 5. The molecule has 168 valence electrons. The van der Waals surface area contributed by atoms with Gasteiger partial charge in [-0.2, -0.15) is 0 Å². The van der Waals surface area contributed by atoms with Crippen LogP contribution in [0.15, 0.2) is 36.5 Å². The van der Waals surface area contributed by atoms with Gasteiger partial charge in [-0.25, -0.2) is 14.2 Å². The lowest BCUT2D eigenvalue weighted by Gasteiger charge is -2.28. The Balaban J connectivity index is 1.91. The molecule has 0 unspecified atom stereocenters. The Morgan fingerprint density at radius 3 is 2.74 bits per heavy atom. The molecule has 2 rings (SSSR count). The van der Waals surface area contributed by atoms with Gasteiger partial charge in [0.25, 0.3) is 0 Å². The van der Waals surface area contributed by atoms with E-state index in [9.17, 15) is 14.0 Å². The van der Waals surface area contributed by atoms with E-state index >= 15 is 0 Å². The highest BCUT2D eigenvalue weighted by Gasteiger charge is 2.22. The second kappa shape index (κ2) is 12.4. The highest BCUT2D eigenvalue weighted by Crippen LogP contribution is 2.21. The van der Waals surface area contributed by atoms with E-state index < -0.39 is 11.9 Å². The van der Waals surface area contributed by atoms with Gasteiger partial charge in [0.05, 0.1) is 16.1 Å². The lowest BCUT2D eigenvalue weighted by Crippen LogP contribution is -2.41. The second-order valence-electron chi connectivity index (χ2n) is 6.89. The predicted molar refractivity (Wildman–Crippen MR) is 119 cm³/mol. The van der Waals surface area contributed by atoms with Crippen LogP contribution in [-0.2, 0) is 16.0 Å². The molecule has 0 aliphatic heterocycles. The van der Waals surface area contributed by atoms with Crippen LogP contribution in [0.2, 0.25) is 10.0 Å². The zero-order chi connectivity index (χ0) is 22.8. The van der Waals surface area contributed by atoms with E-state index in [4.69, 9.17) is 33.7 Å². The van der Waals surface area contributed by atoms with Crippen molar-refractivity contribution in [2.24, 2.45) is 5.73 Å². The fourth-order valence-electron chi connectivity index (χ4n) is 2.87. The minimum absolute atomic E-state index is 0.0115. The Kier molecular flexibility index (Phi) is 9.97. The molecule has 0 fully saturated rings. The molecule has 7 nitrogen and oxygen atoms in total. The number of benzene rings is 1. The van der Waals surface area contributed by atoms with Gasteiger partial charge in [0, 0.05) is 19.7 Å². The largest absolute Gasteiger partial charge is 0.447 e. The molecule has 2 aromatic rings. The SMILES string of the molecule is CN(C(=O)CCc1cccc(F)c1Cl)[C@@H](CCCN)COC(=O)Nc1ccc(Cl)cn1. The Morgan fingerprint density at radius 1 is 1.29 bits per heavy atom. The van der Waals surface area contributed by atoms with Crippen LogP contribution < -0.4 is 11.1 Å². The third-order valence-corrected chi connectivity index (χ3v) is 5.33. The summed E-state index contributed by atoms with van der Waals surface area (Å²) in [5, 5.41) is 2.96. The summed E-state index contributed by atoms with van der Waals surface area (Å²) in [6.45, 7) is 0.431. The molecular weight excluding hydrogens is 446 g/mol. The molecule has 0 aliphatic rings. The second-order valence-corrected chi connectivity index (χ2v) is 7.70. The smallest absolute Gasteiger partial charge is 0.412 e. The Morgan fingerprint density at radius 2 is 2.06 bits per heavy atom. The number of hydrogen-bond donors (Lipinski definition) is 2. The van der Waals surface area contributed by atoms with E-state index in [0.717, 1.165) is 0 Å². The Bertz CT molecular complexity index is 883. The average Bonchev–Trinajstić information content (AvgIpc) is 2.75. The molecule has 0 spiro atoms. The zero-order valence-electron chi connectivity index (χ0n) is 17.1. The summed E-state index contributed by atoms with van der Waals surface area (Å²) in [6.07, 6.45) is 2.36. The maximum Gasteiger partial charge on any atom is 0.412 e. The summed E-state index contributed by atoms with van der Waals surface area (Å²) in [5.41, 5.74) is 6.16. The van der Waals surface area contributed by atoms with Crippen molar-refractivity contribution < 1.29 is 18.7 Å². The van der Waals surface area contributed by atoms with E-state index in [0.29, 0.717) is 42.2 Å². The van der Waals surface area contributed by atoms with Crippen LogP contribution >= 0.6 is 23.2 Å². The van der Waals surface area contributed by atoms with E-state index in [2.05, 4.69) is 10.3 Å². The van der Waals surface area contributed by atoms with Crippen molar-refractivity contribution in [1.82, 2.24) is 9.88 Å². The molecule has 0 saturated carbocycles. The zero-order valence-corrected chi connectivity index (χ0v) is 18.6. The summed E-state index contributed by atoms with van der Waals surface area (Å²) in [4.78, 5) is 30.2. The van der Waals surface area contributed by atoms with Crippen molar-refractivity contribution in [3.05, 3.63) is 58.0 Å². The third-order valence-electron chi connectivity index (χ3n) is 4.69. The molecule has 2 amide bonds. The lowest BCUT2D eigenvalue weighted by atomic mass is 10.1. The number of amides is 2. The van der Waals surface area contributed by atoms with Crippen molar-refractivity contribution in [3.8, 4) is 0 Å². The van der Waals surface area contributed by atoms with E-state index in [1.807, 2.05) is 0 Å². The lowest BCUT2D eigenvalue weighted by molar-refractivity contribution is -0.132. The van der Waals surface area contributed by atoms with Crippen molar-refractivity contribution in [2.75, 3.05) is 25.5 Å². The van der Waals surface area contributed by atoms with Gasteiger partial charge in [-0.1, -0.05) is 35.3 Å². The van der Waals surface area contributed by atoms with Gasteiger partial charge in [-0.05, 0) is 49.6 Å². The molecule has 1 heterocycles. The fourth-order valence-corrected chi connectivity index (χ4v) is 3.20. The Hall–Kier alpha value is -2.42. The van der Waals surface area contributed by atoms with Crippen molar-refractivity contribution in [1.29, 1.82) is 0 Å². The van der Waals surface area contributed by atoms with Crippen molar-refractivity contribution in [3.63, 3.8) is 0 Å². The first-order chi connectivity index (χ1) is 14.8. The molecule has 1 aromatic carbocycles. The van der Waals surface area contributed by atoms with Crippen LogP contribution in [0.25, 0.3) is 0 Å². The molecule has 1 aromatic heterocycles. The number of nitrogens with two attached hydrogens (primary N) is 1. The summed E-state index contributed by atoms with van der Waals surface area (Å²) in [5.74, 6) is -0.398. The van der Waals surface area contributed by atoms with Crippen LogP contribution in [0, 0.1) is 5.82 Å². The molecule has 31 heavy (non-hydrogen) atoms. The summed E-state index contributed by atoms with van der Waals surface area (Å²) < 4.78 is 18.9. The van der Waals surface area contributed by atoms with Gasteiger partial charge in [-0.3, -0.25) is 10.1 Å². The average molecular weight is 471 g/mol. The molecule has 3 N–H and O–H groups in total. The molecule has 0 saturated heterocycles. The number of aryl methyl sites for hydroxylation is 1. The van der Waals surface area contributed by atoms with Gasteiger partial charge in [0.1, 0.15) is 18.2 Å². The normalized spacial score (nSPS) is 11.6. The van der Waals surface area contributed by atoms with E-state index in [-0.39, 0.29) is 30.0 Å². The van der Waals surface area contributed by atoms with E-state index in [1.54, 1.807) is 31.3 Å². The quantitative estimate of drug-likeness (QED) is 0.539. The topological polar surface area (TPSA) is 97.5 Å². The molecule has 0 radical (unpaired) electrons. The van der Waals surface area contributed by atoms with Gasteiger partial charge in [-0.15, -0.1) is 0 Å². The van der Waals surface area contributed by atoms with Crippen molar-refractivity contribution in [2.45, 2.75) is 31.7 Å². The van der Waals surface area contributed by atoms with E-state index in [1.165, 1.54) is 17.2 Å². The van der Waals surface area contributed by atoms with Crippen LogP contribution in [0.5, 0.6) is 0 Å². The number of carbonyl (C=O) groups is 2. The van der Waals surface area contributed by atoms with Gasteiger partial charge < -0.3 is 15.4 Å². The minimum atomic E-state index is -0.694. The highest BCUT2D eigenvalue weighted by molar-refractivity contribution is 6.31. The third kappa shape index (κ3) is 7.97. The van der Waals surface area contributed by atoms with Crippen LogP contribution in [0.4, 0.5) is 15.0 Å². The molecule has 10 heteroatoms. The number of likely N-dealkylation sites (N-methyl/N-ethyl adjacent to an activating group) is 1. The number of nitrogens with one attached hydrogen (secondary N) is 1. The number of carbonyl (C=O) groups excluding carboxylic acids is 2. The first kappa shape index (κ1) is 24.8. The molecule has 0 bridgehead atoms. The summed E-state index contributed by atoms with van der Waals surface area (Å²) in [6, 6.07) is 7.28. The predicted octanol–water partition coefficient (Wildman–Crippen LogP) is 4.27. The number of halogens is 3. The summed E-state index contributed by atoms with van der Waals surface area (Å²) in [7, 11) is 1.64. The number of nitrogens with zero attached hydrogens (tertiary/aromatic N) is 2. The maximum absolute atomic E-state index is 13.6. The van der Waals surface area contributed by atoms with Gasteiger partial charge in [0.2, 0.25) is 5.91 Å². The van der Waals surface area contributed by atoms with Gasteiger partial charge >= 0.3 is 6.09 Å². The van der Waals surface area contributed by atoms with Crippen molar-refractivity contribution >= 4 is 41.0 Å². The number of ether oxygens (including phenoxy) is 1. The molecule has 1 atom stereocenters. The highest BCUT2D eigenvalue weighted by atomic mass is 35.5. The number of anilines is 1. The minimum Gasteiger partial charge on any atom is -0.447 e. The molecular formula is C21H25Cl2FN4O3. The Labute approximate surface area is 190 Å². The molecule has 0 aliphatic carbocycles. The van der Waals surface area contributed by atoms with Gasteiger partial charge in [0.15, 0.2) is 0 Å². The standard InChI is InChI=1S/C21H25Cl2FN4O3/c1-28(19(29)10-7-14-4-2-6-17(24)20(14)23)16(5-3-11-25)13-31-21(30)27-18-9-8-15(22)12-26-18/h2,4,6,8-9,12,16H,3,5,7,10-11,13,25H2,1H3,(H,26,27,30)/t16-/m0/s1. The first-order valence-corrected chi connectivity index (χ1v) is 10.5. The summed E-state index contributed by atoms with van der Waals surface area (Å²) >= 11 is 11.7. The van der Waals surface area contributed by atoms with Crippen LogP contribution in [-0.4, -0.2) is 48.1 Å².